The van der Waals surface area contributed by atoms with Gasteiger partial charge in [-0.15, -0.1) is 0 Å². The van der Waals surface area contributed by atoms with Crippen molar-refractivity contribution in [3.8, 4) is 23.7 Å². The first-order valence-electron chi connectivity index (χ1n) is 12.7. The lowest BCUT2D eigenvalue weighted by molar-refractivity contribution is -0.208. The summed E-state index contributed by atoms with van der Waals surface area (Å²) in [6.45, 7) is -1.06. The van der Waals surface area contributed by atoms with E-state index >= 15 is 8.78 Å². The molecule has 0 aliphatic heterocycles. The molecule has 0 saturated carbocycles. The summed E-state index contributed by atoms with van der Waals surface area (Å²) in [5.41, 5.74) is 1.20. The van der Waals surface area contributed by atoms with E-state index in [1.807, 2.05) is 0 Å². The number of ether oxygens (including phenoxy) is 1. The van der Waals surface area contributed by atoms with Crippen LogP contribution in [-0.4, -0.2) is 28.1 Å². The largest absolute Gasteiger partial charge is 0.489 e. The standard InChI is InChI=1S/C31H23F5N6O2/c32-24-8-11-26(28(34)14-24)30(43,18-42(39)41-19-38)31(35,36)29-12-6-21(16-40-29)2-1-20-4-9-25(10-5-20)44-17-22-3-7-23(15-37)27(33)13-22/h3-14,16,19,43H,17-18,39H2,(H2,38,41). The van der Waals surface area contributed by atoms with Crippen LogP contribution >= 0.6 is 0 Å². The highest BCUT2D eigenvalue weighted by molar-refractivity contribution is 5.50. The van der Waals surface area contributed by atoms with E-state index < -0.39 is 46.8 Å². The minimum absolute atomic E-state index is 0.0615. The highest BCUT2D eigenvalue weighted by Crippen LogP contribution is 2.46. The van der Waals surface area contributed by atoms with E-state index in [0.717, 1.165) is 12.3 Å². The van der Waals surface area contributed by atoms with Gasteiger partial charge in [-0.2, -0.15) is 19.1 Å². The number of aromatic nitrogens is 1. The van der Waals surface area contributed by atoms with Crippen LogP contribution in [0.4, 0.5) is 22.0 Å². The smallest absolute Gasteiger partial charge is 0.323 e. The molecule has 44 heavy (non-hydrogen) atoms. The number of halogens is 5. The molecule has 0 aliphatic rings. The second-order valence-electron chi connectivity index (χ2n) is 9.34. The van der Waals surface area contributed by atoms with Crippen LogP contribution in [0.15, 0.2) is 84.1 Å². The maximum Gasteiger partial charge on any atom is 0.323 e. The predicted octanol–water partition coefficient (Wildman–Crippen LogP) is 4.41. The third-order valence-corrected chi connectivity index (χ3v) is 6.35. The van der Waals surface area contributed by atoms with Crippen molar-refractivity contribution in [2.45, 2.75) is 18.1 Å². The van der Waals surface area contributed by atoms with Crippen molar-refractivity contribution in [2.75, 3.05) is 6.54 Å². The lowest BCUT2D eigenvalue weighted by Gasteiger charge is -2.37. The Morgan fingerprint density at radius 1 is 0.955 bits per heavy atom. The highest BCUT2D eigenvalue weighted by Gasteiger charge is 2.58. The first kappa shape index (κ1) is 31.4. The van der Waals surface area contributed by atoms with Crippen molar-refractivity contribution in [3.05, 3.63) is 130 Å². The van der Waals surface area contributed by atoms with Gasteiger partial charge in [-0.3, -0.25) is 4.98 Å². The van der Waals surface area contributed by atoms with Gasteiger partial charge in [0.25, 0.3) is 0 Å². The van der Waals surface area contributed by atoms with E-state index in [9.17, 15) is 18.3 Å². The number of nitriles is 1. The molecule has 5 N–H and O–H groups in total. The summed E-state index contributed by atoms with van der Waals surface area (Å²) in [7, 11) is 0. The fourth-order valence-corrected chi connectivity index (χ4v) is 4.09. The molecule has 224 valence electrons. The Hall–Kier alpha value is -5.50. The van der Waals surface area contributed by atoms with Crippen LogP contribution < -0.4 is 16.3 Å². The molecule has 1 unspecified atom stereocenters. The fraction of sp³-hybridized carbons (Fsp3) is 0.129. The van der Waals surface area contributed by atoms with Gasteiger partial charge in [-0.05, 0) is 66.2 Å². The van der Waals surface area contributed by atoms with Crippen LogP contribution in [0.3, 0.4) is 0 Å². The van der Waals surface area contributed by atoms with Crippen molar-refractivity contribution >= 4 is 6.34 Å². The minimum Gasteiger partial charge on any atom is -0.489 e. The Labute approximate surface area is 248 Å². The second-order valence-corrected chi connectivity index (χ2v) is 9.34. The van der Waals surface area contributed by atoms with E-state index in [2.05, 4.69) is 21.9 Å². The number of benzene rings is 3. The summed E-state index contributed by atoms with van der Waals surface area (Å²) in [6, 6.07) is 16.4. The lowest BCUT2D eigenvalue weighted by atomic mass is 9.84. The summed E-state index contributed by atoms with van der Waals surface area (Å²) >= 11 is 0. The molecule has 0 bridgehead atoms. The Kier molecular flexibility index (Phi) is 9.44. The zero-order chi connectivity index (χ0) is 31.9. The van der Waals surface area contributed by atoms with Crippen LogP contribution in [0.25, 0.3) is 0 Å². The topological polar surface area (TPSA) is 134 Å². The molecule has 0 radical (unpaired) electrons. The first-order chi connectivity index (χ1) is 21.0. The molecule has 13 heteroatoms. The van der Waals surface area contributed by atoms with Gasteiger partial charge in [0.2, 0.25) is 0 Å². The molecular weight excluding hydrogens is 583 g/mol. The Morgan fingerprint density at radius 3 is 2.27 bits per heavy atom. The number of pyridine rings is 1. The molecule has 0 fully saturated rings. The van der Waals surface area contributed by atoms with Gasteiger partial charge in [-0.25, -0.2) is 24.1 Å². The van der Waals surface area contributed by atoms with Crippen LogP contribution in [0, 0.1) is 40.6 Å². The first-order valence-corrected chi connectivity index (χ1v) is 12.7. The number of alkyl halides is 2. The second kappa shape index (κ2) is 13.2. The average molecular weight is 607 g/mol. The number of aliphatic hydroxyl groups is 1. The van der Waals surface area contributed by atoms with E-state index in [1.54, 1.807) is 36.4 Å². The van der Waals surface area contributed by atoms with Gasteiger partial charge >= 0.3 is 5.92 Å². The van der Waals surface area contributed by atoms with Crippen molar-refractivity contribution in [1.29, 1.82) is 5.26 Å². The van der Waals surface area contributed by atoms with Crippen molar-refractivity contribution in [1.82, 2.24) is 10.1 Å². The van der Waals surface area contributed by atoms with E-state index in [4.69, 9.17) is 21.6 Å². The summed E-state index contributed by atoms with van der Waals surface area (Å²) in [5, 5.41) is 23.8. The average Bonchev–Trinajstić information content (AvgIpc) is 2.99. The lowest BCUT2D eigenvalue weighted by Crippen LogP contribution is -2.53. The molecule has 0 aliphatic carbocycles. The maximum atomic E-state index is 15.8. The third-order valence-electron chi connectivity index (χ3n) is 6.35. The molecule has 1 aromatic heterocycles. The Morgan fingerprint density at radius 2 is 1.66 bits per heavy atom. The molecule has 0 spiro atoms. The van der Waals surface area contributed by atoms with E-state index in [0.29, 0.717) is 46.5 Å². The summed E-state index contributed by atoms with van der Waals surface area (Å²) in [4.78, 5) is 3.74. The zero-order valence-electron chi connectivity index (χ0n) is 22.7. The number of nitrogens with two attached hydrogens (primary N) is 2. The summed E-state index contributed by atoms with van der Waals surface area (Å²) < 4.78 is 79.1. The van der Waals surface area contributed by atoms with Gasteiger partial charge in [0.15, 0.2) is 5.60 Å². The number of rotatable bonds is 9. The number of hydrogen-bond donors (Lipinski definition) is 3. The number of hydrazine groups is 1. The van der Waals surface area contributed by atoms with Gasteiger partial charge in [0, 0.05) is 29.0 Å². The number of nitrogens with zero attached hydrogens (tertiary/aromatic N) is 4. The van der Waals surface area contributed by atoms with Crippen LogP contribution in [-0.2, 0) is 18.1 Å². The van der Waals surface area contributed by atoms with Gasteiger partial charge in [0.05, 0.1) is 12.1 Å². The van der Waals surface area contributed by atoms with E-state index in [1.165, 1.54) is 18.2 Å². The number of hydrogen-bond acceptors (Lipinski definition) is 7. The van der Waals surface area contributed by atoms with Crippen LogP contribution in [0.2, 0.25) is 0 Å². The van der Waals surface area contributed by atoms with Crippen molar-refractivity contribution < 1.29 is 31.8 Å². The van der Waals surface area contributed by atoms with Gasteiger partial charge in [-0.1, -0.05) is 17.9 Å². The molecule has 1 atom stereocenters. The van der Waals surface area contributed by atoms with Gasteiger partial charge < -0.3 is 15.6 Å². The van der Waals surface area contributed by atoms with Crippen molar-refractivity contribution in [2.24, 2.45) is 16.7 Å². The molecule has 0 saturated heterocycles. The molecule has 1 heterocycles. The summed E-state index contributed by atoms with van der Waals surface area (Å²) in [6.07, 6.45) is 1.73. The monoisotopic (exact) mass is 606 g/mol. The van der Waals surface area contributed by atoms with Crippen LogP contribution in [0.5, 0.6) is 5.75 Å². The molecule has 0 amide bonds. The van der Waals surface area contributed by atoms with E-state index in [-0.39, 0.29) is 17.7 Å². The zero-order valence-corrected chi connectivity index (χ0v) is 22.7. The SMILES string of the molecule is N#Cc1ccc(COc2ccc(C#Cc3ccc(C(F)(F)C(O)(CN(N)/N=C\N)c4ccc(F)cc4F)nc3)cc2)cc1F. The molecule has 3 aromatic carbocycles. The quantitative estimate of drug-likeness (QED) is 0.0642. The molecule has 4 rings (SSSR count). The van der Waals surface area contributed by atoms with Gasteiger partial charge in [0.1, 0.15) is 47.9 Å². The molecule has 8 nitrogen and oxygen atoms in total. The summed E-state index contributed by atoms with van der Waals surface area (Å²) in [5.74, 6) is 4.29. The normalized spacial score (nSPS) is 12.6. The predicted molar refractivity (Wildman–Crippen MR) is 150 cm³/mol. The molecular formula is C31H23F5N6O2. The Bertz CT molecular complexity index is 1770. The Balaban J connectivity index is 1.50. The molecule has 4 aromatic rings. The van der Waals surface area contributed by atoms with Crippen LogP contribution in [0.1, 0.15) is 33.5 Å². The number of hydrazone groups is 1. The van der Waals surface area contributed by atoms with Crippen molar-refractivity contribution in [3.63, 3.8) is 0 Å². The fourth-order valence-electron chi connectivity index (χ4n) is 4.09. The highest BCUT2D eigenvalue weighted by atomic mass is 19.3. The third kappa shape index (κ3) is 6.93. The maximum absolute atomic E-state index is 15.8. The minimum atomic E-state index is -4.25.